The first-order chi connectivity index (χ1) is 15.9. The van der Waals surface area contributed by atoms with Gasteiger partial charge in [0.1, 0.15) is 6.61 Å². The fourth-order valence-corrected chi connectivity index (χ4v) is 3.30. The normalized spacial score (nSPS) is 10.7. The Balaban J connectivity index is 1.68. The molecule has 0 aromatic heterocycles. The quantitative estimate of drug-likeness (QED) is 0.323. The SMILES string of the molecule is COc1ccc(C(=O)N/N=C/c2cc(Cl)c(OCc3ccc(Cl)cc3)c(OC)c2)cc1OC. The Labute approximate surface area is 201 Å². The largest absolute Gasteiger partial charge is 0.493 e. The van der Waals surface area contributed by atoms with Crippen molar-refractivity contribution in [2.24, 2.45) is 5.10 Å². The number of methoxy groups -OCH3 is 3. The van der Waals surface area contributed by atoms with Crippen molar-refractivity contribution in [3.63, 3.8) is 0 Å². The van der Waals surface area contributed by atoms with Crippen molar-refractivity contribution in [1.29, 1.82) is 0 Å². The van der Waals surface area contributed by atoms with E-state index >= 15 is 0 Å². The van der Waals surface area contributed by atoms with Crippen molar-refractivity contribution in [3.05, 3.63) is 81.3 Å². The molecule has 0 unspecified atom stereocenters. The van der Waals surface area contributed by atoms with E-state index in [1.54, 1.807) is 42.5 Å². The van der Waals surface area contributed by atoms with Gasteiger partial charge in [-0.3, -0.25) is 4.79 Å². The molecule has 33 heavy (non-hydrogen) atoms. The Morgan fingerprint density at radius 3 is 2.27 bits per heavy atom. The Morgan fingerprint density at radius 1 is 0.909 bits per heavy atom. The summed E-state index contributed by atoms with van der Waals surface area (Å²) in [7, 11) is 4.54. The number of amides is 1. The summed E-state index contributed by atoms with van der Waals surface area (Å²) in [6, 6.07) is 15.5. The molecule has 3 aromatic carbocycles. The van der Waals surface area contributed by atoms with Crippen molar-refractivity contribution in [1.82, 2.24) is 5.43 Å². The number of nitrogens with one attached hydrogen (secondary N) is 1. The van der Waals surface area contributed by atoms with Gasteiger partial charge in [0, 0.05) is 10.6 Å². The second kappa shape index (κ2) is 11.4. The van der Waals surface area contributed by atoms with Gasteiger partial charge in [0.2, 0.25) is 0 Å². The van der Waals surface area contributed by atoms with Crippen LogP contribution < -0.4 is 24.4 Å². The molecule has 3 aromatic rings. The predicted molar refractivity (Wildman–Crippen MR) is 128 cm³/mol. The minimum Gasteiger partial charge on any atom is -0.493 e. The monoisotopic (exact) mass is 488 g/mol. The summed E-state index contributed by atoms with van der Waals surface area (Å²) < 4.78 is 21.6. The lowest BCUT2D eigenvalue weighted by Gasteiger charge is -2.13. The summed E-state index contributed by atoms with van der Waals surface area (Å²) in [6.45, 7) is 0.294. The smallest absolute Gasteiger partial charge is 0.271 e. The third kappa shape index (κ3) is 6.31. The van der Waals surface area contributed by atoms with Crippen LogP contribution in [0.5, 0.6) is 23.0 Å². The number of benzene rings is 3. The maximum Gasteiger partial charge on any atom is 0.271 e. The summed E-state index contributed by atoms with van der Waals surface area (Å²) in [5.41, 5.74) is 4.38. The van der Waals surface area contributed by atoms with E-state index in [1.807, 2.05) is 12.1 Å². The number of rotatable bonds is 9. The highest BCUT2D eigenvalue weighted by Crippen LogP contribution is 2.36. The van der Waals surface area contributed by atoms with E-state index in [1.165, 1.54) is 27.5 Å². The number of carbonyl (C=O) groups excluding carboxylic acids is 1. The van der Waals surface area contributed by atoms with Gasteiger partial charge >= 0.3 is 0 Å². The van der Waals surface area contributed by atoms with Crippen LogP contribution in [0.2, 0.25) is 10.0 Å². The Morgan fingerprint density at radius 2 is 1.61 bits per heavy atom. The first-order valence-corrected chi connectivity index (χ1v) is 10.5. The highest BCUT2D eigenvalue weighted by atomic mass is 35.5. The van der Waals surface area contributed by atoms with Crippen LogP contribution in [-0.4, -0.2) is 33.5 Å². The molecule has 0 fully saturated rings. The number of hydrogen-bond acceptors (Lipinski definition) is 6. The average molecular weight is 489 g/mol. The van der Waals surface area contributed by atoms with E-state index in [-0.39, 0.29) is 0 Å². The predicted octanol–water partition coefficient (Wildman–Crippen LogP) is 5.36. The Bertz CT molecular complexity index is 1150. The van der Waals surface area contributed by atoms with Gasteiger partial charge in [-0.1, -0.05) is 35.3 Å². The molecule has 0 radical (unpaired) electrons. The molecule has 3 rings (SSSR count). The van der Waals surface area contributed by atoms with Gasteiger partial charge < -0.3 is 18.9 Å². The van der Waals surface area contributed by atoms with E-state index < -0.39 is 5.91 Å². The lowest BCUT2D eigenvalue weighted by molar-refractivity contribution is 0.0954. The highest BCUT2D eigenvalue weighted by Gasteiger charge is 2.13. The fourth-order valence-electron chi connectivity index (χ4n) is 2.90. The average Bonchev–Trinajstić information content (AvgIpc) is 2.83. The molecule has 0 spiro atoms. The van der Waals surface area contributed by atoms with Crippen molar-refractivity contribution >= 4 is 35.3 Å². The van der Waals surface area contributed by atoms with Gasteiger partial charge in [-0.15, -0.1) is 0 Å². The van der Waals surface area contributed by atoms with Crippen LogP contribution in [0.1, 0.15) is 21.5 Å². The van der Waals surface area contributed by atoms with Gasteiger partial charge in [-0.05, 0) is 53.6 Å². The first-order valence-electron chi connectivity index (χ1n) is 9.75. The zero-order chi connectivity index (χ0) is 23.8. The molecule has 0 aliphatic heterocycles. The lowest BCUT2D eigenvalue weighted by atomic mass is 10.2. The number of hydrogen-bond donors (Lipinski definition) is 1. The standard InChI is InChI=1S/C24H22Cl2N2O5/c1-30-20-9-6-17(12-21(20)31-2)24(29)28-27-13-16-10-19(26)23(22(11-16)32-3)33-14-15-4-7-18(25)8-5-15/h4-13H,14H2,1-3H3,(H,28,29)/b27-13+. The van der Waals surface area contributed by atoms with Crippen molar-refractivity contribution in [2.45, 2.75) is 6.61 Å². The lowest BCUT2D eigenvalue weighted by Crippen LogP contribution is -2.17. The topological polar surface area (TPSA) is 78.4 Å². The molecule has 9 heteroatoms. The molecule has 0 aliphatic carbocycles. The second-order valence-electron chi connectivity index (χ2n) is 6.72. The summed E-state index contributed by atoms with van der Waals surface area (Å²) in [6.07, 6.45) is 1.45. The number of nitrogens with zero attached hydrogens (tertiary/aromatic N) is 1. The van der Waals surface area contributed by atoms with Gasteiger partial charge in [-0.2, -0.15) is 5.10 Å². The van der Waals surface area contributed by atoms with Gasteiger partial charge in [0.15, 0.2) is 23.0 Å². The zero-order valence-electron chi connectivity index (χ0n) is 18.2. The summed E-state index contributed by atoms with van der Waals surface area (Å²) in [5.74, 6) is 1.40. The molecule has 1 N–H and O–H groups in total. The maximum atomic E-state index is 12.4. The van der Waals surface area contributed by atoms with Crippen molar-refractivity contribution in [2.75, 3.05) is 21.3 Å². The van der Waals surface area contributed by atoms with E-state index in [9.17, 15) is 4.79 Å². The van der Waals surface area contributed by atoms with E-state index in [4.69, 9.17) is 42.1 Å². The molecule has 0 heterocycles. The Kier molecular flexibility index (Phi) is 8.40. The number of carbonyl (C=O) groups is 1. The number of halogens is 2. The molecule has 0 aliphatic rings. The molecule has 0 saturated carbocycles. The maximum absolute atomic E-state index is 12.4. The zero-order valence-corrected chi connectivity index (χ0v) is 19.7. The third-order valence-corrected chi connectivity index (χ3v) is 5.11. The van der Waals surface area contributed by atoms with Crippen molar-refractivity contribution in [3.8, 4) is 23.0 Å². The van der Waals surface area contributed by atoms with Crippen LogP contribution in [0, 0.1) is 0 Å². The first kappa shape index (κ1) is 24.2. The van der Waals surface area contributed by atoms with Crippen LogP contribution in [0.4, 0.5) is 0 Å². The number of hydrazone groups is 1. The molecular weight excluding hydrogens is 467 g/mol. The number of ether oxygens (including phenoxy) is 4. The molecule has 1 amide bonds. The summed E-state index contributed by atoms with van der Waals surface area (Å²) >= 11 is 12.3. The molecule has 7 nitrogen and oxygen atoms in total. The second-order valence-corrected chi connectivity index (χ2v) is 7.56. The van der Waals surface area contributed by atoms with Crippen LogP contribution in [0.3, 0.4) is 0 Å². The molecule has 172 valence electrons. The van der Waals surface area contributed by atoms with Crippen LogP contribution in [0.25, 0.3) is 0 Å². The van der Waals surface area contributed by atoms with Crippen molar-refractivity contribution < 1.29 is 23.7 Å². The molecule has 0 saturated heterocycles. The molecule has 0 bridgehead atoms. The fraction of sp³-hybridized carbons (Fsp3) is 0.167. The van der Waals surface area contributed by atoms with E-state index in [2.05, 4.69) is 10.5 Å². The minimum atomic E-state index is -0.409. The van der Waals surface area contributed by atoms with Crippen LogP contribution >= 0.6 is 23.2 Å². The molecule has 0 atom stereocenters. The van der Waals surface area contributed by atoms with E-state index in [0.29, 0.717) is 50.8 Å². The summed E-state index contributed by atoms with van der Waals surface area (Å²) in [5, 5.41) is 4.99. The minimum absolute atomic E-state index is 0.294. The van der Waals surface area contributed by atoms with Crippen LogP contribution in [-0.2, 0) is 6.61 Å². The van der Waals surface area contributed by atoms with Gasteiger partial charge in [-0.25, -0.2) is 5.43 Å². The van der Waals surface area contributed by atoms with Gasteiger partial charge in [0.25, 0.3) is 5.91 Å². The molecular formula is C24H22Cl2N2O5. The third-order valence-electron chi connectivity index (χ3n) is 4.57. The van der Waals surface area contributed by atoms with Gasteiger partial charge in [0.05, 0.1) is 32.6 Å². The highest BCUT2D eigenvalue weighted by molar-refractivity contribution is 6.32. The Hall–Kier alpha value is -3.42. The van der Waals surface area contributed by atoms with Crippen LogP contribution in [0.15, 0.2) is 59.7 Å². The van der Waals surface area contributed by atoms with E-state index in [0.717, 1.165) is 5.56 Å². The summed E-state index contributed by atoms with van der Waals surface area (Å²) in [4.78, 5) is 12.4.